The van der Waals surface area contributed by atoms with Gasteiger partial charge in [-0.05, 0) is 57.4 Å². The molecule has 0 radical (unpaired) electrons. The summed E-state index contributed by atoms with van der Waals surface area (Å²) in [4.78, 5) is 35.1. The minimum Gasteiger partial charge on any atom is -0.462 e. The average Bonchev–Trinajstić information content (AvgIpc) is 2.69. The molecule has 1 N–H and O–H groups in total. The molecule has 7 nitrogen and oxygen atoms in total. The van der Waals surface area contributed by atoms with Gasteiger partial charge in [0.15, 0.2) is 0 Å². The van der Waals surface area contributed by atoms with Gasteiger partial charge in [0, 0.05) is 13.1 Å². The third kappa shape index (κ3) is 4.61. The molecular weight excluding hydrogens is 344 g/mol. The van der Waals surface area contributed by atoms with Crippen molar-refractivity contribution in [3.8, 4) is 0 Å². The number of aromatic nitrogens is 2. The number of hydrogen-bond acceptors (Lipinski definition) is 6. The average molecular weight is 368 g/mol. The van der Waals surface area contributed by atoms with E-state index in [4.69, 9.17) is 4.74 Å². The van der Waals surface area contributed by atoms with E-state index in [9.17, 15) is 9.59 Å². The van der Waals surface area contributed by atoms with Crippen LogP contribution in [0, 0.1) is 6.92 Å². The Hall–Kier alpha value is -2.96. The van der Waals surface area contributed by atoms with Gasteiger partial charge in [-0.15, -0.1) is 0 Å². The Labute approximate surface area is 158 Å². The Bertz CT molecular complexity index is 814. The van der Waals surface area contributed by atoms with Crippen LogP contribution in [-0.4, -0.2) is 41.5 Å². The molecule has 1 aliphatic heterocycles. The van der Waals surface area contributed by atoms with Crippen LogP contribution in [0.4, 0.5) is 11.5 Å². The minimum absolute atomic E-state index is 0.224. The Morgan fingerprint density at radius 2 is 1.93 bits per heavy atom. The molecule has 1 amide bonds. The number of nitrogens with zero attached hydrogens (tertiary/aromatic N) is 3. The molecule has 142 valence electrons. The third-order valence-corrected chi connectivity index (χ3v) is 4.52. The first kappa shape index (κ1) is 18.8. The molecule has 3 heterocycles. The minimum atomic E-state index is -0.440. The van der Waals surface area contributed by atoms with E-state index in [2.05, 4.69) is 20.2 Å². The van der Waals surface area contributed by atoms with E-state index in [1.165, 1.54) is 25.3 Å². The number of carbonyl (C=O) groups excluding carboxylic acids is 2. The zero-order valence-electron chi connectivity index (χ0n) is 15.7. The van der Waals surface area contributed by atoms with Crippen molar-refractivity contribution in [2.24, 2.45) is 0 Å². The van der Waals surface area contributed by atoms with Crippen molar-refractivity contribution in [1.29, 1.82) is 0 Å². The summed E-state index contributed by atoms with van der Waals surface area (Å²) >= 11 is 0. The van der Waals surface area contributed by atoms with Gasteiger partial charge in [-0.3, -0.25) is 4.79 Å². The number of pyridine rings is 2. The van der Waals surface area contributed by atoms with Crippen molar-refractivity contribution in [1.82, 2.24) is 9.97 Å². The summed E-state index contributed by atoms with van der Waals surface area (Å²) < 4.78 is 4.97. The van der Waals surface area contributed by atoms with Gasteiger partial charge in [-0.25, -0.2) is 14.8 Å². The second-order valence-corrected chi connectivity index (χ2v) is 6.45. The standard InChI is InChI=1S/C20H24N4O3/c1-3-27-20(26)16-8-9-17(22-14(16)2)19(25)23-18-10-7-15(13-21-18)24-11-5-4-6-12-24/h7-10,13H,3-6,11-12H2,1-2H3,(H,21,23,25). The fourth-order valence-electron chi connectivity index (χ4n) is 3.09. The second kappa shape index (κ2) is 8.62. The molecule has 0 spiro atoms. The van der Waals surface area contributed by atoms with Crippen LogP contribution in [-0.2, 0) is 4.74 Å². The number of aryl methyl sites for hydroxylation is 1. The number of hydrogen-bond donors (Lipinski definition) is 1. The van der Waals surface area contributed by atoms with Gasteiger partial charge < -0.3 is 15.0 Å². The lowest BCUT2D eigenvalue weighted by molar-refractivity contribution is 0.0524. The highest BCUT2D eigenvalue weighted by Gasteiger charge is 2.16. The normalized spacial score (nSPS) is 13.9. The van der Waals surface area contributed by atoms with E-state index in [1.807, 2.05) is 6.07 Å². The lowest BCUT2D eigenvalue weighted by atomic mass is 10.1. The monoisotopic (exact) mass is 368 g/mol. The van der Waals surface area contributed by atoms with Gasteiger partial charge in [-0.1, -0.05) is 0 Å². The molecule has 1 saturated heterocycles. The highest BCUT2D eigenvalue weighted by atomic mass is 16.5. The van der Waals surface area contributed by atoms with Gasteiger partial charge in [0.1, 0.15) is 11.5 Å². The van der Waals surface area contributed by atoms with Crippen LogP contribution in [0.5, 0.6) is 0 Å². The molecular formula is C20H24N4O3. The third-order valence-electron chi connectivity index (χ3n) is 4.52. The number of ether oxygens (including phenoxy) is 1. The highest BCUT2D eigenvalue weighted by molar-refractivity contribution is 6.03. The Morgan fingerprint density at radius 3 is 2.56 bits per heavy atom. The van der Waals surface area contributed by atoms with Crippen molar-refractivity contribution in [3.05, 3.63) is 47.4 Å². The molecule has 0 unspecified atom stereocenters. The zero-order chi connectivity index (χ0) is 19.2. The summed E-state index contributed by atoms with van der Waals surface area (Å²) in [6.45, 7) is 5.80. The predicted octanol–water partition coefficient (Wildman–Crippen LogP) is 3.20. The van der Waals surface area contributed by atoms with E-state index >= 15 is 0 Å². The molecule has 3 rings (SSSR count). The molecule has 1 aliphatic rings. The van der Waals surface area contributed by atoms with E-state index in [0.717, 1.165) is 18.8 Å². The van der Waals surface area contributed by atoms with Crippen LogP contribution in [0.3, 0.4) is 0 Å². The highest BCUT2D eigenvalue weighted by Crippen LogP contribution is 2.20. The Balaban J connectivity index is 1.66. The lowest BCUT2D eigenvalue weighted by Crippen LogP contribution is -2.29. The van der Waals surface area contributed by atoms with Crippen LogP contribution >= 0.6 is 0 Å². The smallest absolute Gasteiger partial charge is 0.339 e. The number of rotatable bonds is 5. The number of anilines is 2. The molecule has 2 aromatic rings. The number of carbonyl (C=O) groups is 2. The number of piperidine rings is 1. The van der Waals surface area contributed by atoms with Gasteiger partial charge in [-0.2, -0.15) is 0 Å². The molecule has 7 heteroatoms. The van der Waals surface area contributed by atoms with E-state index < -0.39 is 5.97 Å². The van der Waals surface area contributed by atoms with Gasteiger partial charge >= 0.3 is 5.97 Å². The zero-order valence-corrected chi connectivity index (χ0v) is 15.7. The maximum absolute atomic E-state index is 12.4. The van der Waals surface area contributed by atoms with Crippen molar-refractivity contribution in [2.75, 3.05) is 29.9 Å². The van der Waals surface area contributed by atoms with Crippen molar-refractivity contribution >= 4 is 23.4 Å². The Morgan fingerprint density at radius 1 is 1.15 bits per heavy atom. The van der Waals surface area contributed by atoms with Crippen LogP contribution in [0.25, 0.3) is 0 Å². The summed E-state index contributed by atoms with van der Waals surface area (Å²) in [5.41, 5.74) is 2.11. The van der Waals surface area contributed by atoms with Gasteiger partial charge in [0.05, 0.1) is 29.7 Å². The predicted molar refractivity (Wildman–Crippen MR) is 103 cm³/mol. The molecule has 27 heavy (non-hydrogen) atoms. The van der Waals surface area contributed by atoms with Crippen LogP contribution < -0.4 is 10.2 Å². The molecule has 0 aromatic carbocycles. The summed E-state index contributed by atoms with van der Waals surface area (Å²) in [6, 6.07) is 6.83. The number of nitrogens with one attached hydrogen (secondary N) is 1. The van der Waals surface area contributed by atoms with E-state index in [1.54, 1.807) is 32.2 Å². The maximum atomic E-state index is 12.4. The first-order chi connectivity index (χ1) is 13.1. The summed E-state index contributed by atoms with van der Waals surface area (Å²) in [5, 5.41) is 2.74. The molecule has 0 saturated carbocycles. The topological polar surface area (TPSA) is 84.4 Å². The Kier molecular flexibility index (Phi) is 6.01. The van der Waals surface area contributed by atoms with Crippen molar-refractivity contribution in [2.45, 2.75) is 33.1 Å². The lowest BCUT2D eigenvalue weighted by Gasteiger charge is -2.28. The quantitative estimate of drug-likeness (QED) is 0.816. The molecule has 1 fully saturated rings. The number of amides is 1. The largest absolute Gasteiger partial charge is 0.462 e. The SMILES string of the molecule is CCOC(=O)c1ccc(C(=O)Nc2ccc(N3CCCCC3)cn2)nc1C. The van der Waals surface area contributed by atoms with E-state index in [0.29, 0.717) is 23.7 Å². The molecule has 0 bridgehead atoms. The fraction of sp³-hybridized carbons (Fsp3) is 0.400. The first-order valence-electron chi connectivity index (χ1n) is 9.25. The number of esters is 1. The second-order valence-electron chi connectivity index (χ2n) is 6.45. The summed E-state index contributed by atoms with van der Waals surface area (Å²) in [5.74, 6) is -0.342. The maximum Gasteiger partial charge on any atom is 0.339 e. The van der Waals surface area contributed by atoms with Gasteiger partial charge in [0.2, 0.25) is 0 Å². The summed E-state index contributed by atoms with van der Waals surface area (Å²) in [7, 11) is 0. The van der Waals surface area contributed by atoms with Crippen LogP contribution in [0.2, 0.25) is 0 Å². The van der Waals surface area contributed by atoms with Crippen LogP contribution in [0.15, 0.2) is 30.5 Å². The summed E-state index contributed by atoms with van der Waals surface area (Å²) in [6.07, 6.45) is 5.46. The van der Waals surface area contributed by atoms with Gasteiger partial charge in [0.25, 0.3) is 5.91 Å². The molecule has 0 atom stereocenters. The van der Waals surface area contributed by atoms with Crippen molar-refractivity contribution < 1.29 is 14.3 Å². The first-order valence-corrected chi connectivity index (χ1v) is 9.25. The van der Waals surface area contributed by atoms with Crippen molar-refractivity contribution in [3.63, 3.8) is 0 Å². The van der Waals surface area contributed by atoms with Crippen LogP contribution in [0.1, 0.15) is 52.7 Å². The fourth-order valence-corrected chi connectivity index (χ4v) is 3.09. The van der Waals surface area contributed by atoms with E-state index in [-0.39, 0.29) is 11.6 Å². The molecule has 0 aliphatic carbocycles. The molecule has 2 aromatic heterocycles.